The van der Waals surface area contributed by atoms with Crippen LogP contribution >= 0.6 is 0 Å². The Balaban J connectivity index is 2.52. The van der Waals surface area contributed by atoms with Gasteiger partial charge in [-0.15, -0.1) is 0 Å². The van der Waals surface area contributed by atoms with Gasteiger partial charge in [0.15, 0.2) is 0 Å². The molecule has 0 aromatic carbocycles. The number of carboxylic acids is 1. The molecule has 4 nitrogen and oxygen atoms in total. The zero-order valence-electron chi connectivity index (χ0n) is 8.36. The Morgan fingerprint density at radius 2 is 2.38 bits per heavy atom. The highest BCUT2D eigenvalue weighted by Gasteiger charge is 2.32. The lowest BCUT2D eigenvalue weighted by Gasteiger charge is -2.30. The lowest BCUT2D eigenvalue weighted by atomic mass is 10.2. The lowest BCUT2D eigenvalue weighted by Crippen LogP contribution is -2.46. The van der Waals surface area contributed by atoms with Crippen LogP contribution in [0, 0.1) is 0 Å². The fourth-order valence-corrected chi connectivity index (χ4v) is 1.86. The molecule has 0 radical (unpaired) electrons. The predicted molar refractivity (Wildman–Crippen MR) is 50.3 cm³/mol. The highest BCUT2D eigenvalue weighted by Crippen LogP contribution is 2.18. The van der Waals surface area contributed by atoms with Gasteiger partial charge in [-0.3, -0.25) is 4.79 Å². The average molecular weight is 186 g/mol. The molecular formula is C9H18N2O2. The molecule has 1 aliphatic heterocycles. The van der Waals surface area contributed by atoms with Gasteiger partial charge in [-0.05, 0) is 19.3 Å². The van der Waals surface area contributed by atoms with Gasteiger partial charge in [0.1, 0.15) is 6.04 Å². The number of rotatable bonds is 4. The zero-order valence-corrected chi connectivity index (χ0v) is 8.36. The second-order valence-corrected chi connectivity index (χ2v) is 3.54. The predicted octanol–water partition coefficient (Wildman–Crippen LogP) is 0.792. The first-order valence-electron chi connectivity index (χ1n) is 4.87. The summed E-state index contributed by atoms with van der Waals surface area (Å²) in [4.78, 5) is 10.9. The maximum atomic E-state index is 10.9. The monoisotopic (exact) mass is 186 g/mol. The van der Waals surface area contributed by atoms with E-state index in [4.69, 9.17) is 5.11 Å². The molecule has 0 aliphatic carbocycles. The minimum atomic E-state index is -0.694. The van der Waals surface area contributed by atoms with Gasteiger partial charge in [-0.25, -0.2) is 10.0 Å². The Bertz CT molecular complexity index is 184. The molecule has 0 aromatic heterocycles. The largest absolute Gasteiger partial charge is 0.480 e. The normalized spacial score (nSPS) is 24.1. The van der Waals surface area contributed by atoms with Crippen LogP contribution < -0.4 is 0 Å². The van der Waals surface area contributed by atoms with Crippen molar-refractivity contribution in [3.63, 3.8) is 0 Å². The Morgan fingerprint density at radius 3 is 2.92 bits per heavy atom. The summed E-state index contributed by atoms with van der Waals surface area (Å²) in [6, 6.07) is -0.295. The second kappa shape index (κ2) is 4.58. The molecule has 0 bridgehead atoms. The van der Waals surface area contributed by atoms with Crippen LogP contribution in [0.1, 0.15) is 26.2 Å². The van der Waals surface area contributed by atoms with Crippen molar-refractivity contribution in [2.45, 2.75) is 32.2 Å². The van der Waals surface area contributed by atoms with Crippen LogP contribution in [-0.4, -0.2) is 47.3 Å². The van der Waals surface area contributed by atoms with Gasteiger partial charge < -0.3 is 5.11 Å². The minimum absolute atomic E-state index is 0.295. The van der Waals surface area contributed by atoms with Crippen molar-refractivity contribution >= 4 is 5.97 Å². The van der Waals surface area contributed by atoms with E-state index in [0.29, 0.717) is 0 Å². The van der Waals surface area contributed by atoms with Gasteiger partial charge in [0.2, 0.25) is 0 Å². The fraction of sp³-hybridized carbons (Fsp3) is 0.889. The average Bonchev–Trinajstić information content (AvgIpc) is 2.52. The molecule has 76 valence electrons. The van der Waals surface area contributed by atoms with Crippen LogP contribution in [0.15, 0.2) is 0 Å². The molecule has 0 saturated carbocycles. The smallest absolute Gasteiger partial charge is 0.322 e. The molecule has 1 heterocycles. The molecule has 1 rings (SSSR count). The highest BCUT2D eigenvalue weighted by molar-refractivity contribution is 5.73. The molecule has 1 unspecified atom stereocenters. The van der Waals surface area contributed by atoms with Gasteiger partial charge in [0, 0.05) is 20.1 Å². The lowest BCUT2D eigenvalue weighted by molar-refractivity contribution is -0.148. The van der Waals surface area contributed by atoms with E-state index in [1.54, 1.807) is 0 Å². The van der Waals surface area contributed by atoms with Crippen LogP contribution in [0.5, 0.6) is 0 Å². The molecule has 1 aliphatic rings. The number of aliphatic carboxylic acids is 1. The Kier molecular flexibility index (Phi) is 3.69. The van der Waals surface area contributed by atoms with E-state index >= 15 is 0 Å². The van der Waals surface area contributed by atoms with E-state index in [0.717, 1.165) is 32.4 Å². The highest BCUT2D eigenvalue weighted by atomic mass is 16.4. The van der Waals surface area contributed by atoms with Crippen LogP contribution in [0.3, 0.4) is 0 Å². The number of carbonyl (C=O) groups is 1. The van der Waals surface area contributed by atoms with E-state index in [1.165, 1.54) is 0 Å². The van der Waals surface area contributed by atoms with E-state index < -0.39 is 5.97 Å². The van der Waals surface area contributed by atoms with Crippen molar-refractivity contribution in [3.05, 3.63) is 0 Å². The molecule has 13 heavy (non-hydrogen) atoms. The molecule has 1 fully saturated rings. The molecule has 0 amide bonds. The Hall–Kier alpha value is -0.610. The Morgan fingerprint density at radius 1 is 1.69 bits per heavy atom. The maximum Gasteiger partial charge on any atom is 0.322 e. The summed E-state index contributed by atoms with van der Waals surface area (Å²) >= 11 is 0. The quantitative estimate of drug-likeness (QED) is 0.705. The van der Waals surface area contributed by atoms with E-state index in [-0.39, 0.29) is 6.04 Å². The van der Waals surface area contributed by atoms with Crippen molar-refractivity contribution in [1.82, 2.24) is 10.0 Å². The molecule has 1 N–H and O–H groups in total. The van der Waals surface area contributed by atoms with E-state index in [2.05, 4.69) is 6.92 Å². The number of carboxylic acid groups (broad SMARTS) is 1. The maximum absolute atomic E-state index is 10.9. The molecular weight excluding hydrogens is 168 g/mol. The van der Waals surface area contributed by atoms with E-state index in [9.17, 15) is 4.79 Å². The third-order valence-corrected chi connectivity index (χ3v) is 2.50. The van der Waals surface area contributed by atoms with Gasteiger partial charge >= 0.3 is 5.97 Å². The summed E-state index contributed by atoms with van der Waals surface area (Å²) in [5.74, 6) is -0.694. The Labute approximate surface area is 79.1 Å². The zero-order chi connectivity index (χ0) is 9.84. The van der Waals surface area contributed by atoms with Gasteiger partial charge in [-0.2, -0.15) is 0 Å². The third-order valence-electron chi connectivity index (χ3n) is 2.50. The molecule has 0 spiro atoms. The van der Waals surface area contributed by atoms with E-state index in [1.807, 2.05) is 17.1 Å². The van der Waals surface area contributed by atoms with Gasteiger partial charge in [-0.1, -0.05) is 6.92 Å². The van der Waals surface area contributed by atoms with Crippen LogP contribution in [0.25, 0.3) is 0 Å². The summed E-state index contributed by atoms with van der Waals surface area (Å²) < 4.78 is 0. The van der Waals surface area contributed by atoms with Crippen LogP contribution in [-0.2, 0) is 4.79 Å². The van der Waals surface area contributed by atoms with Gasteiger partial charge in [0.05, 0.1) is 0 Å². The van der Waals surface area contributed by atoms with Crippen LogP contribution in [0.2, 0.25) is 0 Å². The second-order valence-electron chi connectivity index (χ2n) is 3.54. The summed E-state index contributed by atoms with van der Waals surface area (Å²) in [7, 11) is 1.96. The summed E-state index contributed by atoms with van der Waals surface area (Å²) in [6.07, 6.45) is 2.83. The first kappa shape index (κ1) is 10.5. The van der Waals surface area contributed by atoms with Crippen molar-refractivity contribution < 1.29 is 9.90 Å². The summed E-state index contributed by atoms with van der Waals surface area (Å²) in [6.45, 7) is 3.92. The topological polar surface area (TPSA) is 43.8 Å². The third kappa shape index (κ3) is 2.42. The number of hydrogen-bond donors (Lipinski definition) is 1. The van der Waals surface area contributed by atoms with Crippen LogP contribution in [0.4, 0.5) is 0 Å². The van der Waals surface area contributed by atoms with Crippen molar-refractivity contribution in [2.24, 2.45) is 0 Å². The minimum Gasteiger partial charge on any atom is -0.480 e. The molecule has 4 heteroatoms. The first-order valence-corrected chi connectivity index (χ1v) is 4.87. The number of hydrogen-bond acceptors (Lipinski definition) is 3. The summed E-state index contributed by atoms with van der Waals surface area (Å²) in [5.41, 5.74) is 0. The molecule has 0 aromatic rings. The van der Waals surface area contributed by atoms with Gasteiger partial charge in [0.25, 0.3) is 0 Å². The standard InChI is InChI=1S/C9H18N2O2/c1-3-6-10(2)11-7-4-5-8(11)9(12)13/h8H,3-7H2,1-2H3,(H,12,13). The number of hydrazine groups is 1. The number of nitrogens with zero attached hydrogens (tertiary/aromatic N) is 2. The van der Waals surface area contributed by atoms with Crippen molar-refractivity contribution in [3.8, 4) is 0 Å². The SMILES string of the molecule is CCCN(C)N1CCCC1C(=O)O. The molecule has 1 atom stereocenters. The van der Waals surface area contributed by atoms with Crippen molar-refractivity contribution in [2.75, 3.05) is 20.1 Å². The van der Waals surface area contributed by atoms with Crippen molar-refractivity contribution in [1.29, 1.82) is 0 Å². The fourth-order valence-electron chi connectivity index (χ4n) is 1.86. The summed E-state index contributed by atoms with van der Waals surface area (Å²) in [5, 5.41) is 12.9. The first-order chi connectivity index (χ1) is 6.16. The molecule has 1 saturated heterocycles.